The maximum absolute atomic E-state index is 12.8. The Morgan fingerprint density at radius 3 is 2.45 bits per heavy atom. The van der Waals surface area contributed by atoms with Crippen LogP contribution in [0.5, 0.6) is 0 Å². The van der Waals surface area contributed by atoms with Gasteiger partial charge in [-0.2, -0.15) is 0 Å². The molecule has 0 aliphatic carbocycles. The Balaban J connectivity index is 2.74. The second-order valence-electron chi connectivity index (χ2n) is 4.62. The van der Waals surface area contributed by atoms with Crippen LogP contribution in [-0.4, -0.2) is 24.5 Å². The minimum Gasteiger partial charge on any atom is -0.460 e. The third-order valence-electron chi connectivity index (χ3n) is 2.66. The first-order valence-electron chi connectivity index (χ1n) is 6.29. The molecule has 0 unspecified atom stereocenters. The molecule has 0 saturated heterocycles. The predicted octanol–water partition coefficient (Wildman–Crippen LogP) is 2.31. The molecule has 4 nitrogen and oxygen atoms in total. The van der Waals surface area contributed by atoms with E-state index in [1.807, 2.05) is 0 Å². The molecule has 1 N–H and O–H groups in total. The highest BCUT2D eigenvalue weighted by molar-refractivity contribution is 5.96. The average Bonchev–Trinajstić information content (AvgIpc) is 2.42. The molecule has 0 spiro atoms. The lowest BCUT2D eigenvalue weighted by Crippen LogP contribution is -2.45. The van der Waals surface area contributed by atoms with Crippen molar-refractivity contribution in [2.45, 2.75) is 19.9 Å². The lowest BCUT2D eigenvalue weighted by Gasteiger charge is -2.20. The van der Waals surface area contributed by atoms with E-state index in [9.17, 15) is 14.0 Å². The van der Waals surface area contributed by atoms with E-state index < -0.39 is 23.7 Å². The van der Waals surface area contributed by atoms with Gasteiger partial charge in [0.25, 0.3) is 5.91 Å². The van der Waals surface area contributed by atoms with Gasteiger partial charge in [-0.3, -0.25) is 4.79 Å². The summed E-state index contributed by atoms with van der Waals surface area (Å²) >= 11 is 0. The predicted molar refractivity (Wildman–Crippen MR) is 73.6 cm³/mol. The molecule has 1 amide bonds. The van der Waals surface area contributed by atoms with Crippen LogP contribution in [0.1, 0.15) is 24.2 Å². The van der Waals surface area contributed by atoms with Gasteiger partial charge in [-0.05, 0) is 30.2 Å². The summed E-state index contributed by atoms with van der Waals surface area (Å²) in [5.41, 5.74) is 0.286. The van der Waals surface area contributed by atoms with E-state index in [-0.39, 0.29) is 18.1 Å². The molecular weight excluding hydrogens is 261 g/mol. The summed E-state index contributed by atoms with van der Waals surface area (Å²) in [6.45, 7) is 7.14. The highest BCUT2D eigenvalue weighted by Gasteiger charge is 2.25. The summed E-state index contributed by atoms with van der Waals surface area (Å²) in [5.74, 6) is -1.52. The van der Waals surface area contributed by atoms with E-state index in [0.717, 1.165) is 0 Å². The summed E-state index contributed by atoms with van der Waals surface area (Å²) in [6.07, 6.45) is 1.46. The summed E-state index contributed by atoms with van der Waals surface area (Å²) in [7, 11) is 0. The number of nitrogens with one attached hydrogen (secondary N) is 1. The molecule has 0 aliphatic heterocycles. The van der Waals surface area contributed by atoms with Crippen LogP contribution in [0.15, 0.2) is 36.9 Å². The third kappa shape index (κ3) is 4.50. The molecule has 1 rings (SSSR count). The number of hydrogen-bond acceptors (Lipinski definition) is 3. The maximum Gasteiger partial charge on any atom is 0.329 e. The van der Waals surface area contributed by atoms with Gasteiger partial charge in [0, 0.05) is 5.56 Å². The van der Waals surface area contributed by atoms with E-state index in [0.29, 0.717) is 0 Å². The number of esters is 1. The molecule has 0 radical (unpaired) electrons. The number of hydrogen-bond donors (Lipinski definition) is 1. The van der Waals surface area contributed by atoms with E-state index in [1.165, 1.54) is 30.3 Å². The fraction of sp³-hybridized carbons (Fsp3) is 0.333. The van der Waals surface area contributed by atoms with Crippen molar-refractivity contribution < 1.29 is 18.7 Å². The van der Waals surface area contributed by atoms with Crippen molar-refractivity contribution in [2.75, 3.05) is 6.61 Å². The summed E-state index contributed by atoms with van der Waals surface area (Å²) < 4.78 is 17.7. The van der Waals surface area contributed by atoms with Crippen molar-refractivity contribution in [1.29, 1.82) is 0 Å². The largest absolute Gasteiger partial charge is 0.460 e. The first-order valence-corrected chi connectivity index (χ1v) is 6.29. The van der Waals surface area contributed by atoms with Crippen LogP contribution in [0.4, 0.5) is 4.39 Å². The quantitative estimate of drug-likeness (QED) is 0.642. The Morgan fingerprint density at radius 1 is 1.35 bits per heavy atom. The molecule has 0 saturated carbocycles. The summed E-state index contributed by atoms with van der Waals surface area (Å²) in [4.78, 5) is 23.8. The average molecular weight is 279 g/mol. The minimum absolute atomic E-state index is 0.0917. The van der Waals surface area contributed by atoms with Crippen molar-refractivity contribution in [1.82, 2.24) is 5.32 Å². The molecule has 5 heteroatoms. The van der Waals surface area contributed by atoms with Gasteiger partial charge < -0.3 is 10.1 Å². The number of carbonyl (C=O) groups is 2. The van der Waals surface area contributed by atoms with E-state index in [1.54, 1.807) is 13.8 Å². The first-order chi connectivity index (χ1) is 9.45. The molecule has 1 aromatic rings. The monoisotopic (exact) mass is 279 g/mol. The van der Waals surface area contributed by atoms with Gasteiger partial charge in [-0.1, -0.05) is 26.5 Å². The Hall–Kier alpha value is -2.17. The standard InChI is InChI=1S/C15H18FNO3/c1-4-9-20-15(19)13(10(2)3)17-14(18)11-5-7-12(16)8-6-11/h4-8,10,13H,1,9H2,2-3H3,(H,17,18)/t13-/m0/s1. The van der Waals surface area contributed by atoms with Crippen molar-refractivity contribution in [3.63, 3.8) is 0 Å². The van der Waals surface area contributed by atoms with Crippen molar-refractivity contribution in [3.8, 4) is 0 Å². The highest BCUT2D eigenvalue weighted by Crippen LogP contribution is 2.08. The third-order valence-corrected chi connectivity index (χ3v) is 2.66. The van der Waals surface area contributed by atoms with Gasteiger partial charge in [0.15, 0.2) is 0 Å². The minimum atomic E-state index is -0.757. The van der Waals surface area contributed by atoms with Gasteiger partial charge in [-0.25, -0.2) is 9.18 Å². The van der Waals surface area contributed by atoms with Crippen molar-refractivity contribution in [3.05, 3.63) is 48.3 Å². The fourth-order valence-electron chi connectivity index (χ4n) is 1.55. The van der Waals surface area contributed by atoms with E-state index in [2.05, 4.69) is 11.9 Å². The summed E-state index contributed by atoms with van der Waals surface area (Å²) in [6, 6.07) is 4.34. The molecule has 0 aromatic heterocycles. The molecule has 0 aliphatic rings. The van der Waals surface area contributed by atoms with Crippen molar-refractivity contribution in [2.24, 2.45) is 5.92 Å². The lowest BCUT2D eigenvalue weighted by atomic mass is 10.0. The fourth-order valence-corrected chi connectivity index (χ4v) is 1.55. The van der Waals surface area contributed by atoms with Crippen LogP contribution < -0.4 is 5.32 Å². The highest BCUT2D eigenvalue weighted by atomic mass is 19.1. The number of carbonyl (C=O) groups excluding carboxylic acids is 2. The molecule has 0 fully saturated rings. The molecule has 0 heterocycles. The van der Waals surface area contributed by atoms with Crippen LogP contribution >= 0.6 is 0 Å². The molecule has 0 bridgehead atoms. The molecule has 1 aromatic carbocycles. The second kappa shape index (κ2) is 7.43. The van der Waals surface area contributed by atoms with Gasteiger partial charge in [0.05, 0.1) is 0 Å². The summed E-state index contributed by atoms with van der Waals surface area (Å²) in [5, 5.41) is 2.59. The molecule has 108 valence electrons. The number of amides is 1. The van der Waals surface area contributed by atoms with Crippen LogP contribution in [0.25, 0.3) is 0 Å². The van der Waals surface area contributed by atoms with Crippen molar-refractivity contribution >= 4 is 11.9 Å². The van der Waals surface area contributed by atoms with E-state index in [4.69, 9.17) is 4.74 Å². The molecule has 20 heavy (non-hydrogen) atoms. The number of halogens is 1. The Kier molecular flexibility index (Phi) is 5.90. The molecular formula is C15H18FNO3. The van der Waals surface area contributed by atoms with E-state index >= 15 is 0 Å². The Bertz CT molecular complexity index is 482. The maximum atomic E-state index is 12.8. The van der Waals surface area contributed by atoms with Gasteiger partial charge >= 0.3 is 5.97 Å². The van der Waals surface area contributed by atoms with Crippen LogP contribution in [0.2, 0.25) is 0 Å². The second-order valence-corrected chi connectivity index (χ2v) is 4.62. The zero-order chi connectivity index (χ0) is 15.1. The number of ether oxygens (including phenoxy) is 1. The molecule has 1 atom stereocenters. The SMILES string of the molecule is C=CCOC(=O)[C@@H](NC(=O)c1ccc(F)cc1)C(C)C. The first kappa shape index (κ1) is 15.9. The van der Waals surface area contributed by atoms with Gasteiger partial charge in [0.2, 0.25) is 0 Å². The number of rotatable bonds is 6. The van der Waals surface area contributed by atoms with Crippen LogP contribution in [0.3, 0.4) is 0 Å². The Morgan fingerprint density at radius 2 is 1.95 bits per heavy atom. The van der Waals surface area contributed by atoms with Gasteiger partial charge in [0.1, 0.15) is 18.5 Å². The number of benzene rings is 1. The topological polar surface area (TPSA) is 55.4 Å². The smallest absolute Gasteiger partial charge is 0.329 e. The Labute approximate surface area is 117 Å². The zero-order valence-corrected chi connectivity index (χ0v) is 11.6. The lowest BCUT2D eigenvalue weighted by molar-refractivity contribution is -0.145. The van der Waals surface area contributed by atoms with Crippen LogP contribution in [-0.2, 0) is 9.53 Å². The van der Waals surface area contributed by atoms with Crippen LogP contribution in [0, 0.1) is 11.7 Å². The normalized spacial score (nSPS) is 11.8. The zero-order valence-electron chi connectivity index (χ0n) is 11.6. The van der Waals surface area contributed by atoms with Gasteiger partial charge in [-0.15, -0.1) is 0 Å².